The van der Waals surface area contributed by atoms with Crippen LogP contribution in [0.3, 0.4) is 0 Å². The maximum absolute atomic E-state index is 11.7. The van der Waals surface area contributed by atoms with E-state index in [4.69, 9.17) is 5.11 Å². The first kappa shape index (κ1) is 11.5. The summed E-state index contributed by atoms with van der Waals surface area (Å²) in [5.74, 6) is 0.227. The van der Waals surface area contributed by atoms with Gasteiger partial charge in [-0.2, -0.15) is 0 Å². The fourth-order valence-corrected chi connectivity index (χ4v) is 1.79. The van der Waals surface area contributed by atoms with Gasteiger partial charge in [0.05, 0.1) is 6.61 Å². The van der Waals surface area contributed by atoms with Gasteiger partial charge in [-0.25, -0.2) is 0 Å². The van der Waals surface area contributed by atoms with Crippen LogP contribution in [0.4, 0.5) is 0 Å². The summed E-state index contributed by atoms with van der Waals surface area (Å²) in [4.78, 5) is 13.6. The second-order valence-corrected chi connectivity index (χ2v) is 4.00. The molecule has 1 saturated carbocycles. The molecule has 1 N–H and O–H groups in total. The van der Waals surface area contributed by atoms with Crippen molar-refractivity contribution < 1.29 is 9.90 Å². The van der Waals surface area contributed by atoms with Crippen molar-refractivity contribution in [1.29, 1.82) is 0 Å². The zero-order valence-corrected chi connectivity index (χ0v) is 9.04. The Hall–Kier alpha value is -0.570. The van der Waals surface area contributed by atoms with Gasteiger partial charge in [-0.15, -0.1) is 0 Å². The van der Waals surface area contributed by atoms with Crippen LogP contribution in [0.1, 0.15) is 45.4 Å². The third kappa shape index (κ3) is 2.98. The maximum atomic E-state index is 11.7. The van der Waals surface area contributed by atoms with Crippen molar-refractivity contribution in [2.24, 2.45) is 0 Å². The van der Waals surface area contributed by atoms with E-state index in [9.17, 15) is 4.79 Å². The van der Waals surface area contributed by atoms with E-state index in [-0.39, 0.29) is 12.5 Å². The van der Waals surface area contributed by atoms with Gasteiger partial charge in [0, 0.05) is 19.0 Å². The van der Waals surface area contributed by atoms with Crippen molar-refractivity contribution in [3.8, 4) is 0 Å². The predicted octanol–water partition coefficient (Wildman–Crippen LogP) is 1.55. The molecule has 0 bridgehead atoms. The minimum atomic E-state index is 0.0916. The molecule has 0 atom stereocenters. The number of nitrogens with zero attached hydrogens (tertiary/aromatic N) is 1. The van der Waals surface area contributed by atoms with Crippen LogP contribution < -0.4 is 0 Å². The van der Waals surface area contributed by atoms with E-state index in [1.807, 2.05) is 4.90 Å². The zero-order valence-electron chi connectivity index (χ0n) is 9.04. The largest absolute Gasteiger partial charge is 0.395 e. The highest BCUT2D eigenvalue weighted by Crippen LogP contribution is 2.25. The molecule has 0 spiro atoms. The molecule has 0 radical (unpaired) electrons. The average Bonchev–Trinajstić information content (AvgIpc) is 2.10. The second-order valence-electron chi connectivity index (χ2n) is 4.00. The van der Waals surface area contributed by atoms with Gasteiger partial charge in [-0.05, 0) is 25.7 Å². The number of carbonyl (C=O) groups excluding carboxylic acids is 1. The van der Waals surface area contributed by atoms with E-state index in [1.54, 1.807) is 0 Å². The number of hydrogen-bond donors (Lipinski definition) is 1. The summed E-state index contributed by atoms with van der Waals surface area (Å²) in [5.41, 5.74) is 0. The molecule has 0 unspecified atom stereocenters. The number of amides is 1. The van der Waals surface area contributed by atoms with Gasteiger partial charge in [0.1, 0.15) is 0 Å². The molecule has 0 heterocycles. The monoisotopic (exact) mass is 199 g/mol. The Kier molecular flexibility index (Phi) is 4.94. The number of rotatable bonds is 6. The van der Waals surface area contributed by atoms with Gasteiger partial charge in [-0.3, -0.25) is 4.79 Å². The minimum absolute atomic E-state index is 0.0916. The Bertz CT molecular complexity index is 178. The van der Waals surface area contributed by atoms with Crippen molar-refractivity contribution in [3.05, 3.63) is 0 Å². The predicted molar refractivity (Wildman–Crippen MR) is 56.0 cm³/mol. The number of unbranched alkanes of at least 4 members (excludes halogenated alkanes) is 1. The van der Waals surface area contributed by atoms with Crippen LogP contribution in [0.2, 0.25) is 0 Å². The van der Waals surface area contributed by atoms with Crippen LogP contribution in [-0.4, -0.2) is 35.1 Å². The van der Waals surface area contributed by atoms with Crippen LogP contribution >= 0.6 is 0 Å². The standard InChI is InChI=1S/C11H21NO2/c1-2-3-7-11(14)12(8-9-13)10-5-4-6-10/h10,13H,2-9H2,1H3. The molecule has 0 saturated heterocycles. The van der Waals surface area contributed by atoms with Gasteiger partial charge < -0.3 is 10.0 Å². The van der Waals surface area contributed by atoms with Crippen LogP contribution in [0.15, 0.2) is 0 Å². The Morgan fingerprint density at radius 2 is 2.21 bits per heavy atom. The molecule has 82 valence electrons. The Morgan fingerprint density at radius 3 is 2.64 bits per heavy atom. The van der Waals surface area contributed by atoms with E-state index in [1.165, 1.54) is 6.42 Å². The Balaban J connectivity index is 2.35. The normalized spacial score (nSPS) is 16.4. The summed E-state index contributed by atoms with van der Waals surface area (Å²) in [6.45, 7) is 2.70. The lowest BCUT2D eigenvalue weighted by Crippen LogP contribution is -2.45. The molecule has 0 aliphatic heterocycles. The van der Waals surface area contributed by atoms with E-state index in [0.717, 1.165) is 25.7 Å². The average molecular weight is 199 g/mol. The fraction of sp³-hybridized carbons (Fsp3) is 0.909. The lowest BCUT2D eigenvalue weighted by molar-refractivity contribution is -0.136. The summed E-state index contributed by atoms with van der Waals surface area (Å²) in [6.07, 6.45) is 6.15. The first-order chi connectivity index (χ1) is 6.79. The molecule has 14 heavy (non-hydrogen) atoms. The second kappa shape index (κ2) is 6.02. The topological polar surface area (TPSA) is 40.5 Å². The van der Waals surface area contributed by atoms with Gasteiger partial charge in [0.2, 0.25) is 5.91 Å². The molecule has 0 aromatic rings. The smallest absolute Gasteiger partial charge is 0.222 e. The fourth-order valence-electron chi connectivity index (χ4n) is 1.79. The highest BCUT2D eigenvalue weighted by Gasteiger charge is 2.27. The first-order valence-electron chi connectivity index (χ1n) is 5.70. The van der Waals surface area contributed by atoms with Gasteiger partial charge in [0.25, 0.3) is 0 Å². The number of carbonyl (C=O) groups is 1. The van der Waals surface area contributed by atoms with E-state index < -0.39 is 0 Å². The molecule has 0 aromatic carbocycles. The molecule has 1 amide bonds. The van der Waals surface area contributed by atoms with E-state index >= 15 is 0 Å². The molecule has 3 heteroatoms. The molecule has 1 fully saturated rings. The van der Waals surface area contributed by atoms with E-state index in [0.29, 0.717) is 19.0 Å². The number of aliphatic hydroxyl groups excluding tert-OH is 1. The molecule has 1 aliphatic rings. The molecular formula is C11H21NO2. The lowest BCUT2D eigenvalue weighted by atomic mass is 9.91. The van der Waals surface area contributed by atoms with Crippen molar-refractivity contribution in [2.75, 3.05) is 13.2 Å². The van der Waals surface area contributed by atoms with Gasteiger partial charge >= 0.3 is 0 Å². The Morgan fingerprint density at radius 1 is 1.50 bits per heavy atom. The first-order valence-corrected chi connectivity index (χ1v) is 5.70. The summed E-state index contributed by atoms with van der Waals surface area (Å²) >= 11 is 0. The van der Waals surface area contributed by atoms with Crippen molar-refractivity contribution in [3.63, 3.8) is 0 Å². The Labute approximate surface area is 86.1 Å². The van der Waals surface area contributed by atoms with Crippen LogP contribution in [0.5, 0.6) is 0 Å². The third-order valence-corrected chi connectivity index (χ3v) is 2.92. The van der Waals surface area contributed by atoms with Gasteiger partial charge in [0.15, 0.2) is 0 Å². The highest BCUT2D eigenvalue weighted by atomic mass is 16.3. The van der Waals surface area contributed by atoms with Crippen LogP contribution in [0, 0.1) is 0 Å². The summed E-state index contributed by atoms with van der Waals surface area (Å²) in [6, 6.07) is 0.423. The lowest BCUT2D eigenvalue weighted by Gasteiger charge is -2.37. The molecule has 1 rings (SSSR count). The highest BCUT2D eigenvalue weighted by molar-refractivity contribution is 5.76. The van der Waals surface area contributed by atoms with Crippen LogP contribution in [0.25, 0.3) is 0 Å². The summed E-state index contributed by atoms with van der Waals surface area (Å²) in [7, 11) is 0. The number of hydrogen-bond acceptors (Lipinski definition) is 2. The van der Waals surface area contributed by atoms with Crippen molar-refractivity contribution >= 4 is 5.91 Å². The van der Waals surface area contributed by atoms with Crippen molar-refractivity contribution in [2.45, 2.75) is 51.5 Å². The maximum Gasteiger partial charge on any atom is 0.222 e. The van der Waals surface area contributed by atoms with Gasteiger partial charge in [-0.1, -0.05) is 13.3 Å². The molecule has 0 aromatic heterocycles. The SMILES string of the molecule is CCCCC(=O)N(CCO)C1CCC1. The molecular weight excluding hydrogens is 178 g/mol. The summed E-state index contributed by atoms with van der Waals surface area (Å²) in [5, 5.41) is 8.89. The van der Waals surface area contributed by atoms with Crippen LogP contribution in [-0.2, 0) is 4.79 Å². The summed E-state index contributed by atoms with van der Waals surface area (Å²) < 4.78 is 0. The van der Waals surface area contributed by atoms with Crippen molar-refractivity contribution in [1.82, 2.24) is 4.90 Å². The molecule has 3 nitrogen and oxygen atoms in total. The minimum Gasteiger partial charge on any atom is -0.395 e. The van der Waals surface area contributed by atoms with E-state index in [2.05, 4.69) is 6.92 Å². The molecule has 1 aliphatic carbocycles. The third-order valence-electron chi connectivity index (χ3n) is 2.92. The quantitative estimate of drug-likeness (QED) is 0.705. The number of aliphatic hydroxyl groups is 1. The zero-order chi connectivity index (χ0) is 10.4.